The molecule has 174 valence electrons. The Morgan fingerprint density at radius 1 is 0.906 bits per heavy atom. The second kappa shape index (κ2) is 6.72. The van der Waals surface area contributed by atoms with Crippen LogP contribution in [0.1, 0.15) is 84.5 Å². The molecule has 0 saturated heterocycles. The van der Waals surface area contributed by atoms with Crippen molar-refractivity contribution >= 4 is 11.7 Å². The van der Waals surface area contributed by atoms with E-state index in [1.54, 1.807) is 6.08 Å². The number of hydrogen-bond donors (Lipinski definition) is 1. The highest BCUT2D eigenvalue weighted by atomic mass is 16.1. The number of carbonyl (C=O) groups excluding carboxylic acids is 2. The van der Waals surface area contributed by atoms with Crippen molar-refractivity contribution in [1.82, 2.24) is 5.32 Å². The van der Waals surface area contributed by atoms with Crippen molar-refractivity contribution in [3.63, 3.8) is 0 Å². The van der Waals surface area contributed by atoms with Crippen molar-refractivity contribution in [3.8, 4) is 0 Å². The Morgan fingerprint density at radius 2 is 1.62 bits per heavy atom. The highest BCUT2D eigenvalue weighted by molar-refractivity contribution is 5.89. The van der Waals surface area contributed by atoms with Gasteiger partial charge in [0.25, 0.3) is 0 Å². The maximum absolute atomic E-state index is 14.2. The van der Waals surface area contributed by atoms with Crippen molar-refractivity contribution < 1.29 is 9.59 Å². The molecule has 8 aliphatic rings. The Hall–Kier alpha value is -1.12. The lowest BCUT2D eigenvalue weighted by Gasteiger charge is -2.59. The fraction of sp³-hybridized carbons (Fsp3) is 0.862. The van der Waals surface area contributed by atoms with Crippen LogP contribution in [0, 0.1) is 64.1 Å². The molecule has 4 bridgehead atoms. The van der Waals surface area contributed by atoms with Gasteiger partial charge in [0.2, 0.25) is 5.91 Å². The SMILES string of the molecule is C[C@]12C=CC(=O)N[C@@H]1CC[C@@H]1[C@@H]2CC[C@]2(C)[C@@H](C(=O)C3C4CC5CC(C4)CC3C5)CC[C@@H]12. The first-order valence-corrected chi connectivity index (χ1v) is 13.9. The number of rotatable bonds is 2. The minimum Gasteiger partial charge on any atom is -0.349 e. The quantitative estimate of drug-likeness (QED) is 0.619. The van der Waals surface area contributed by atoms with Crippen LogP contribution in [-0.4, -0.2) is 17.7 Å². The molecule has 1 N–H and O–H groups in total. The van der Waals surface area contributed by atoms with Crippen LogP contribution in [0.2, 0.25) is 0 Å². The van der Waals surface area contributed by atoms with Crippen LogP contribution in [0.25, 0.3) is 0 Å². The molecule has 8 rings (SSSR count). The fourth-order valence-corrected chi connectivity index (χ4v) is 11.4. The summed E-state index contributed by atoms with van der Waals surface area (Å²) in [5.74, 6) is 6.97. The average molecular weight is 436 g/mol. The normalized spacial score (nSPS) is 57.5. The van der Waals surface area contributed by atoms with Gasteiger partial charge in [-0.15, -0.1) is 0 Å². The maximum atomic E-state index is 14.2. The first-order chi connectivity index (χ1) is 15.4. The average Bonchev–Trinajstić information content (AvgIpc) is 3.10. The molecule has 1 heterocycles. The van der Waals surface area contributed by atoms with Gasteiger partial charge in [0.15, 0.2) is 0 Å². The summed E-state index contributed by atoms with van der Waals surface area (Å²) in [6.07, 6.45) is 18.2. The Kier molecular flexibility index (Phi) is 4.26. The molecule has 0 radical (unpaired) electrons. The third-order valence-corrected chi connectivity index (χ3v) is 12.6. The molecule has 0 aromatic heterocycles. The maximum Gasteiger partial charge on any atom is 0.243 e. The second-order valence-electron chi connectivity index (χ2n) is 13.7. The molecule has 3 heteroatoms. The van der Waals surface area contributed by atoms with E-state index >= 15 is 0 Å². The number of Topliss-reactive ketones (excluding diaryl/α,β-unsaturated/α-hetero) is 1. The molecule has 7 aliphatic carbocycles. The number of fused-ring (bicyclic) bond motifs is 5. The number of amides is 1. The molecule has 7 saturated carbocycles. The molecule has 0 spiro atoms. The number of hydrogen-bond acceptors (Lipinski definition) is 2. The first kappa shape index (κ1) is 20.3. The zero-order valence-corrected chi connectivity index (χ0v) is 20.0. The summed E-state index contributed by atoms with van der Waals surface area (Å²) in [5, 5.41) is 3.28. The van der Waals surface area contributed by atoms with E-state index in [4.69, 9.17) is 0 Å². The molecular formula is C29H41NO2. The van der Waals surface area contributed by atoms with E-state index in [0.717, 1.165) is 42.4 Å². The standard InChI is InChI=1S/C29H41NO2/c1-28-9-7-22-20(3-6-24-29(22,2)10-8-25(31)30-24)21(28)4-5-23(28)27(32)26-18-12-16-11-17(14-18)15-19(26)13-16/h8,10,16-24,26H,3-7,9,11-15H2,1-2H3,(H,30,31)/t16?,17?,18?,19?,20-,21-,22-,23+,24+,26?,28-,29+/m0/s1. The monoisotopic (exact) mass is 435 g/mol. The Balaban J connectivity index is 1.15. The lowest BCUT2D eigenvalue weighted by Crippen LogP contribution is -2.59. The van der Waals surface area contributed by atoms with E-state index in [1.807, 2.05) is 0 Å². The lowest BCUT2D eigenvalue weighted by molar-refractivity contribution is -0.147. The van der Waals surface area contributed by atoms with Crippen LogP contribution in [-0.2, 0) is 9.59 Å². The highest BCUT2D eigenvalue weighted by Crippen LogP contribution is 2.66. The highest BCUT2D eigenvalue weighted by Gasteiger charge is 2.62. The molecule has 0 aromatic rings. The van der Waals surface area contributed by atoms with Crippen LogP contribution < -0.4 is 5.32 Å². The number of nitrogens with one attached hydrogen (secondary N) is 1. The third-order valence-electron chi connectivity index (χ3n) is 12.6. The van der Waals surface area contributed by atoms with Crippen molar-refractivity contribution in [2.75, 3.05) is 0 Å². The van der Waals surface area contributed by atoms with Crippen LogP contribution in [0.4, 0.5) is 0 Å². The Bertz CT molecular complexity index is 848. The van der Waals surface area contributed by atoms with Crippen LogP contribution in [0.15, 0.2) is 12.2 Å². The van der Waals surface area contributed by atoms with E-state index < -0.39 is 0 Å². The zero-order chi connectivity index (χ0) is 21.8. The van der Waals surface area contributed by atoms with Gasteiger partial charge in [0, 0.05) is 23.3 Å². The predicted octanol–water partition coefficient (Wildman–Crippen LogP) is 5.54. The van der Waals surface area contributed by atoms with Crippen LogP contribution in [0.3, 0.4) is 0 Å². The summed E-state index contributed by atoms with van der Waals surface area (Å²) in [7, 11) is 0. The molecule has 7 fully saturated rings. The van der Waals surface area contributed by atoms with E-state index in [9.17, 15) is 9.59 Å². The van der Waals surface area contributed by atoms with E-state index in [0.29, 0.717) is 35.5 Å². The van der Waals surface area contributed by atoms with Gasteiger partial charge in [0.1, 0.15) is 5.78 Å². The fourth-order valence-electron chi connectivity index (χ4n) is 11.4. The van der Waals surface area contributed by atoms with E-state index in [-0.39, 0.29) is 16.7 Å². The number of carbonyl (C=O) groups is 2. The second-order valence-corrected chi connectivity index (χ2v) is 13.7. The molecular weight excluding hydrogens is 394 g/mol. The van der Waals surface area contributed by atoms with Gasteiger partial charge in [-0.25, -0.2) is 0 Å². The molecule has 32 heavy (non-hydrogen) atoms. The Morgan fingerprint density at radius 3 is 2.34 bits per heavy atom. The molecule has 0 aromatic carbocycles. The number of ketones is 1. The van der Waals surface area contributed by atoms with Gasteiger partial charge in [-0.3, -0.25) is 9.59 Å². The van der Waals surface area contributed by atoms with Crippen molar-refractivity contribution in [3.05, 3.63) is 12.2 Å². The van der Waals surface area contributed by atoms with Crippen molar-refractivity contribution in [1.29, 1.82) is 0 Å². The van der Waals surface area contributed by atoms with Gasteiger partial charge in [-0.05, 0) is 124 Å². The minimum absolute atomic E-state index is 0.0915. The molecule has 1 amide bonds. The summed E-state index contributed by atoms with van der Waals surface area (Å²) in [6.45, 7) is 4.92. The van der Waals surface area contributed by atoms with Crippen molar-refractivity contribution in [2.45, 2.75) is 90.5 Å². The van der Waals surface area contributed by atoms with Crippen LogP contribution in [0.5, 0.6) is 0 Å². The Labute approximate surface area is 193 Å². The van der Waals surface area contributed by atoms with Gasteiger partial charge < -0.3 is 5.32 Å². The predicted molar refractivity (Wildman–Crippen MR) is 124 cm³/mol. The molecule has 7 atom stereocenters. The van der Waals surface area contributed by atoms with E-state index in [2.05, 4.69) is 25.2 Å². The first-order valence-electron chi connectivity index (χ1n) is 13.9. The minimum atomic E-state index is 0.0915. The van der Waals surface area contributed by atoms with E-state index in [1.165, 1.54) is 57.8 Å². The van der Waals surface area contributed by atoms with Gasteiger partial charge in [-0.2, -0.15) is 0 Å². The smallest absolute Gasteiger partial charge is 0.243 e. The summed E-state index contributed by atoms with van der Waals surface area (Å²) in [4.78, 5) is 26.2. The summed E-state index contributed by atoms with van der Waals surface area (Å²) >= 11 is 0. The molecule has 0 unspecified atom stereocenters. The van der Waals surface area contributed by atoms with Gasteiger partial charge >= 0.3 is 0 Å². The topological polar surface area (TPSA) is 46.2 Å². The zero-order valence-electron chi connectivity index (χ0n) is 20.0. The lowest BCUT2D eigenvalue weighted by atomic mass is 9.46. The van der Waals surface area contributed by atoms with Gasteiger partial charge in [0.05, 0.1) is 0 Å². The summed E-state index contributed by atoms with van der Waals surface area (Å²) in [6, 6.07) is 0.303. The van der Waals surface area contributed by atoms with Crippen LogP contribution >= 0.6 is 0 Å². The molecule has 1 aliphatic heterocycles. The summed E-state index contributed by atoms with van der Waals surface area (Å²) in [5.41, 5.74) is 0.319. The molecule has 3 nitrogen and oxygen atoms in total. The van der Waals surface area contributed by atoms with Gasteiger partial charge in [-0.1, -0.05) is 19.9 Å². The summed E-state index contributed by atoms with van der Waals surface area (Å²) < 4.78 is 0. The van der Waals surface area contributed by atoms with Crippen molar-refractivity contribution in [2.24, 2.45) is 64.1 Å². The largest absolute Gasteiger partial charge is 0.349 e. The third kappa shape index (κ3) is 2.60.